The predicted molar refractivity (Wildman–Crippen MR) is 147 cm³/mol. The van der Waals surface area contributed by atoms with E-state index in [1.54, 1.807) is 21.3 Å². The van der Waals surface area contributed by atoms with Crippen molar-refractivity contribution in [3.05, 3.63) is 53.2 Å². The van der Waals surface area contributed by atoms with E-state index in [2.05, 4.69) is 33.7 Å². The molecule has 208 valence electrons. The zero-order valence-electron chi connectivity index (χ0n) is 23.2. The number of esters is 1. The fourth-order valence-electron chi connectivity index (χ4n) is 7.63. The highest BCUT2D eigenvalue weighted by atomic mass is 16.5. The third-order valence-electron chi connectivity index (χ3n) is 9.34. The zero-order valence-corrected chi connectivity index (χ0v) is 23.2. The van der Waals surface area contributed by atoms with Crippen LogP contribution in [0.15, 0.2) is 36.4 Å². The Balaban J connectivity index is 1.45. The van der Waals surface area contributed by atoms with Crippen LogP contribution in [0.4, 0.5) is 0 Å². The number of rotatable bonds is 6. The van der Waals surface area contributed by atoms with Gasteiger partial charge in [0.2, 0.25) is 5.75 Å². The molecular formula is C31H38N2O6. The summed E-state index contributed by atoms with van der Waals surface area (Å²) in [5, 5.41) is 12.1. The standard InChI is InChI=1S/C31H38N2O6/c1-36-26-13-18(14-27(37-2)30(26)38-3)16-33-23-8-6-5-7-20(23)21-11-12-32-17-19-9-10-25(34)28(31(35)39-4)22(19)15-24(32)29(21)33/h5-8,13-14,19,22,24-25,28,34H,9-12,15-17H2,1-4H3/t19-,22-,24-,25-,28+/m0/s1. The maximum atomic E-state index is 12.8. The van der Waals surface area contributed by atoms with Gasteiger partial charge in [-0.2, -0.15) is 0 Å². The fourth-order valence-corrected chi connectivity index (χ4v) is 7.63. The number of fused-ring (bicyclic) bond motifs is 6. The van der Waals surface area contributed by atoms with E-state index in [9.17, 15) is 9.90 Å². The van der Waals surface area contributed by atoms with Crippen LogP contribution in [0.1, 0.15) is 42.1 Å². The maximum Gasteiger partial charge on any atom is 0.311 e. The first-order valence-corrected chi connectivity index (χ1v) is 13.9. The molecule has 0 amide bonds. The van der Waals surface area contributed by atoms with Crippen LogP contribution < -0.4 is 14.2 Å². The number of aliphatic hydroxyl groups is 1. The van der Waals surface area contributed by atoms with Crippen molar-refractivity contribution in [2.75, 3.05) is 41.5 Å². The minimum atomic E-state index is -0.640. The quantitative estimate of drug-likeness (QED) is 0.475. The second kappa shape index (κ2) is 10.4. The Morgan fingerprint density at radius 1 is 1.03 bits per heavy atom. The van der Waals surface area contributed by atoms with Gasteiger partial charge in [-0.3, -0.25) is 9.69 Å². The molecular weight excluding hydrogens is 496 g/mol. The van der Waals surface area contributed by atoms with Gasteiger partial charge in [0.05, 0.1) is 46.5 Å². The van der Waals surface area contributed by atoms with Crippen LogP contribution in [-0.2, 0) is 22.5 Å². The van der Waals surface area contributed by atoms with E-state index < -0.39 is 12.0 Å². The number of benzene rings is 2. The summed E-state index contributed by atoms with van der Waals surface area (Å²) in [4.78, 5) is 15.4. The third kappa shape index (κ3) is 4.25. The van der Waals surface area contributed by atoms with Crippen LogP contribution in [0.3, 0.4) is 0 Å². The molecule has 0 unspecified atom stereocenters. The number of para-hydroxylation sites is 1. The van der Waals surface area contributed by atoms with Crippen molar-refractivity contribution in [2.45, 2.75) is 44.4 Å². The van der Waals surface area contributed by atoms with E-state index in [4.69, 9.17) is 18.9 Å². The van der Waals surface area contributed by atoms with E-state index in [0.29, 0.717) is 36.1 Å². The van der Waals surface area contributed by atoms with Gasteiger partial charge >= 0.3 is 5.97 Å². The van der Waals surface area contributed by atoms with Crippen LogP contribution in [0.2, 0.25) is 0 Å². The average molecular weight is 535 g/mol. The molecule has 39 heavy (non-hydrogen) atoms. The van der Waals surface area contributed by atoms with Gasteiger partial charge in [0.1, 0.15) is 0 Å². The number of nitrogens with zero attached hydrogens (tertiary/aromatic N) is 2. The molecule has 1 saturated heterocycles. The van der Waals surface area contributed by atoms with Gasteiger partial charge in [-0.15, -0.1) is 0 Å². The predicted octanol–water partition coefficient (Wildman–Crippen LogP) is 4.19. The molecule has 1 aliphatic carbocycles. The molecule has 2 aromatic carbocycles. The second-order valence-corrected chi connectivity index (χ2v) is 11.1. The minimum absolute atomic E-state index is 0.0982. The Hall–Kier alpha value is -3.23. The van der Waals surface area contributed by atoms with Crippen LogP contribution in [0.25, 0.3) is 10.9 Å². The number of carbonyl (C=O) groups is 1. The third-order valence-corrected chi connectivity index (χ3v) is 9.34. The number of hydrogen-bond acceptors (Lipinski definition) is 7. The molecule has 1 aromatic heterocycles. The number of aromatic nitrogens is 1. The second-order valence-electron chi connectivity index (χ2n) is 11.1. The Morgan fingerprint density at radius 3 is 2.46 bits per heavy atom. The molecule has 8 heteroatoms. The molecule has 1 saturated carbocycles. The normalized spacial score (nSPS) is 26.3. The van der Waals surface area contributed by atoms with Crippen molar-refractivity contribution in [1.82, 2.24) is 9.47 Å². The molecule has 5 atom stereocenters. The number of aliphatic hydroxyl groups excluding tert-OH is 1. The monoisotopic (exact) mass is 534 g/mol. The largest absolute Gasteiger partial charge is 0.493 e. The lowest BCUT2D eigenvalue weighted by molar-refractivity contribution is -0.160. The van der Waals surface area contributed by atoms with Gasteiger partial charge in [0.25, 0.3) is 0 Å². The lowest BCUT2D eigenvalue weighted by Crippen LogP contribution is -2.53. The number of ether oxygens (including phenoxy) is 4. The summed E-state index contributed by atoms with van der Waals surface area (Å²) >= 11 is 0. The molecule has 1 N–H and O–H groups in total. The summed E-state index contributed by atoms with van der Waals surface area (Å²) in [5.74, 6) is 1.60. The number of piperidine rings is 1. The summed E-state index contributed by atoms with van der Waals surface area (Å²) in [5.41, 5.74) is 4.97. The first-order chi connectivity index (χ1) is 19.0. The lowest BCUT2D eigenvalue weighted by Gasteiger charge is -2.51. The van der Waals surface area contributed by atoms with Gasteiger partial charge in [-0.05, 0) is 66.8 Å². The van der Waals surface area contributed by atoms with E-state index in [0.717, 1.165) is 37.9 Å². The van der Waals surface area contributed by atoms with Crippen molar-refractivity contribution >= 4 is 16.9 Å². The van der Waals surface area contributed by atoms with Gasteiger partial charge in [0.15, 0.2) is 11.5 Å². The molecule has 2 fully saturated rings. The highest BCUT2D eigenvalue weighted by molar-refractivity contribution is 5.86. The molecule has 0 bridgehead atoms. The summed E-state index contributed by atoms with van der Waals surface area (Å²) in [7, 11) is 6.33. The smallest absolute Gasteiger partial charge is 0.311 e. The number of methoxy groups -OCH3 is 4. The fraction of sp³-hybridized carbons (Fsp3) is 0.516. The van der Waals surface area contributed by atoms with E-state index in [1.807, 2.05) is 12.1 Å². The Labute approximate surface area is 229 Å². The average Bonchev–Trinajstić information content (AvgIpc) is 3.28. The number of carbonyl (C=O) groups excluding carboxylic acids is 1. The molecule has 3 aromatic rings. The highest BCUT2D eigenvalue weighted by Crippen LogP contribution is 2.50. The van der Waals surface area contributed by atoms with Gasteiger partial charge < -0.3 is 28.6 Å². The van der Waals surface area contributed by atoms with Crippen LogP contribution in [-0.4, -0.2) is 68.2 Å². The molecule has 3 heterocycles. The molecule has 2 aliphatic heterocycles. The topological polar surface area (TPSA) is 82.4 Å². The Morgan fingerprint density at radius 2 is 1.77 bits per heavy atom. The van der Waals surface area contributed by atoms with E-state index in [1.165, 1.54) is 29.3 Å². The van der Waals surface area contributed by atoms with E-state index >= 15 is 0 Å². The maximum absolute atomic E-state index is 12.8. The van der Waals surface area contributed by atoms with Crippen molar-refractivity contribution in [2.24, 2.45) is 17.8 Å². The van der Waals surface area contributed by atoms with Crippen molar-refractivity contribution in [1.29, 1.82) is 0 Å². The summed E-state index contributed by atoms with van der Waals surface area (Å²) < 4.78 is 24.5. The Bertz CT molecular complexity index is 1360. The summed E-state index contributed by atoms with van der Waals surface area (Å²) in [6.45, 7) is 2.60. The minimum Gasteiger partial charge on any atom is -0.493 e. The van der Waals surface area contributed by atoms with Crippen molar-refractivity contribution in [3.63, 3.8) is 0 Å². The zero-order chi connectivity index (χ0) is 27.3. The van der Waals surface area contributed by atoms with Crippen molar-refractivity contribution < 1.29 is 28.8 Å². The van der Waals surface area contributed by atoms with Crippen molar-refractivity contribution in [3.8, 4) is 17.2 Å². The van der Waals surface area contributed by atoms with Crippen LogP contribution in [0, 0.1) is 17.8 Å². The Kier molecular flexibility index (Phi) is 6.93. The first kappa shape index (κ1) is 26.0. The highest BCUT2D eigenvalue weighted by Gasteiger charge is 2.50. The van der Waals surface area contributed by atoms with Gasteiger partial charge in [-0.1, -0.05) is 18.2 Å². The molecule has 8 nitrogen and oxygen atoms in total. The van der Waals surface area contributed by atoms with Gasteiger partial charge in [-0.25, -0.2) is 0 Å². The summed E-state index contributed by atoms with van der Waals surface area (Å²) in [6, 6.07) is 12.8. The van der Waals surface area contributed by atoms with E-state index in [-0.39, 0.29) is 17.9 Å². The lowest BCUT2D eigenvalue weighted by atomic mass is 9.65. The molecule has 6 rings (SSSR count). The van der Waals surface area contributed by atoms with Crippen LogP contribution >= 0.6 is 0 Å². The molecule has 3 aliphatic rings. The first-order valence-electron chi connectivity index (χ1n) is 13.9. The molecule has 0 spiro atoms. The van der Waals surface area contributed by atoms with Gasteiger partial charge in [0, 0.05) is 36.2 Å². The van der Waals surface area contributed by atoms with Crippen LogP contribution in [0.5, 0.6) is 17.2 Å². The summed E-state index contributed by atoms with van der Waals surface area (Å²) in [6.07, 6.45) is 2.80. The number of hydrogen-bond donors (Lipinski definition) is 1. The molecule has 0 radical (unpaired) electrons. The SMILES string of the molecule is COC(=O)[C@@H]1[C@H]2C[C@H]3c4c(c5ccccc5n4Cc4cc(OC)c(OC)c(OC)c4)CCN3C[C@@H]2CC[C@@H]1O.